The van der Waals surface area contributed by atoms with Gasteiger partial charge in [-0.1, -0.05) is 29.3 Å². The lowest BCUT2D eigenvalue weighted by molar-refractivity contribution is -0.0299. The summed E-state index contributed by atoms with van der Waals surface area (Å²) < 4.78 is 0. The fourth-order valence-electron chi connectivity index (χ4n) is 7.06. The number of oxime groups is 3. The van der Waals surface area contributed by atoms with Gasteiger partial charge < -0.3 is 15.6 Å². The molecule has 0 amide bonds. The predicted octanol–water partition coefficient (Wildman–Crippen LogP) is 4.13. The van der Waals surface area contributed by atoms with E-state index >= 15 is 0 Å². The molecular formula is C19H29N3O3. The minimum absolute atomic E-state index is 0.0963. The van der Waals surface area contributed by atoms with Crippen LogP contribution in [0, 0.1) is 34.5 Å². The topological polar surface area (TPSA) is 97.8 Å². The molecule has 4 aliphatic carbocycles. The number of hydrogen-bond donors (Lipinski definition) is 3. The lowest BCUT2D eigenvalue weighted by Gasteiger charge is -2.59. The summed E-state index contributed by atoms with van der Waals surface area (Å²) in [4.78, 5) is 0. The van der Waals surface area contributed by atoms with Gasteiger partial charge in [-0.25, -0.2) is 0 Å². The molecule has 0 radical (unpaired) electrons. The SMILES string of the molecule is CC12C/C(=N\O)C3C(CCC4C/C(=N\O)CCC43C)C1CC/C2=N/O. The third-order valence-electron chi connectivity index (χ3n) is 8.34. The Morgan fingerprint density at radius 3 is 2.44 bits per heavy atom. The molecule has 0 aromatic heterocycles. The van der Waals surface area contributed by atoms with Crippen molar-refractivity contribution in [3.05, 3.63) is 0 Å². The Balaban J connectivity index is 1.73. The molecule has 6 heteroatoms. The molecule has 4 saturated carbocycles. The molecule has 0 aromatic rings. The second-order valence-electron chi connectivity index (χ2n) is 9.17. The first-order chi connectivity index (χ1) is 12.0. The summed E-state index contributed by atoms with van der Waals surface area (Å²) in [6.45, 7) is 4.54. The van der Waals surface area contributed by atoms with Gasteiger partial charge in [0.05, 0.1) is 17.1 Å². The van der Waals surface area contributed by atoms with Crippen molar-refractivity contribution in [3.63, 3.8) is 0 Å². The molecule has 0 saturated heterocycles. The van der Waals surface area contributed by atoms with E-state index < -0.39 is 0 Å². The van der Waals surface area contributed by atoms with Crippen LogP contribution in [-0.2, 0) is 0 Å². The smallest absolute Gasteiger partial charge is 0.0636 e. The number of rotatable bonds is 0. The maximum atomic E-state index is 9.85. The summed E-state index contributed by atoms with van der Waals surface area (Å²) in [6.07, 6.45) is 7.53. The van der Waals surface area contributed by atoms with Gasteiger partial charge in [0.1, 0.15) is 0 Å². The summed E-state index contributed by atoms with van der Waals surface area (Å²) >= 11 is 0. The van der Waals surface area contributed by atoms with Crippen LogP contribution in [0.5, 0.6) is 0 Å². The van der Waals surface area contributed by atoms with Gasteiger partial charge in [0, 0.05) is 17.8 Å². The quantitative estimate of drug-likeness (QED) is 0.454. The molecule has 25 heavy (non-hydrogen) atoms. The van der Waals surface area contributed by atoms with Crippen molar-refractivity contribution < 1.29 is 15.6 Å². The molecule has 6 unspecified atom stereocenters. The lowest BCUT2D eigenvalue weighted by Crippen LogP contribution is -2.57. The second kappa shape index (κ2) is 5.71. The van der Waals surface area contributed by atoms with Gasteiger partial charge in [0.25, 0.3) is 0 Å². The second-order valence-corrected chi connectivity index (χ2v) is 9.17. The Kier molecular flexibility index (Phi) is 3.85. The van der Waals surface area contributed by atoms with Crippen molar-refractivity contribution >= 4 is 17.1 Å². The molecule has 0 spiro atoms. The van der Waals surface area contributed by atoms with E-state index in [-0.39, 0.29) is 16.7 Å². The lowest BCUT2D eigenvalue weighted by atomic mass is 9.44. The summed E-state index contributed by atoms with van der Waals surface area (Å²) in [7, 11) is 0. The average Bonchev–Trinajstić information content (AvgIpc) is 2.96. The van der Waals surface area contributed by atoms with Crippen LogP contribution in [0.25, 0.3) is 0 Å². The van der Waals surface area contributed by atoms with Crippen LogP contribution >= 0.6 is 0 Å². The Labute approximate surface area is 148 Å². The highest BCUT2D eigenvalue weighted by molar-refractivity contribution is 6.00. The molecule has 138 valence electrons. The third kappa shape index (κ3) is 2.18. The third-order valence-corrected chi connectivity index (χ3v) is 8.34. The molecule has 0 heterocycles. The van der Waals surface area contributed by atoms with Gasteiger partial charge in [-0.2, -0.15) is 0 Å². The van der Waals surface area contributed by atoms with Crippen LogP contribution < -0.4 is 0 Å². The largest absolute Gasteiger partial charge is 0.411 e. The molecule has 0 aromatic carbocycles. The Morgan fingerprint density at radius 2 is 1.76 bits per heavy atom. The minimum atomic E-state index is -0.174. The molecule has 0 aliphatic heterocycles. The summed E-state index contributed by atoms with van der Waals surface area (Å²) in [6, 6.07) is 0. The normalized spacial score (nSPS) is 51.4. The van der Waals surface area contributed by atoms with Gasteiger partial charge >= 0.3 is 0 Å². The van der Waals surface area contributed by atoms with Crippen LogP contribution in [0.2, 0.25) is 0 Å². The van der Waals surface area contributed by atoms with E-state index in [0.29, 0.717) is 24.2 Å². The van der Waals surface area contributed by atoms with Crippen molar-refractivity contribution in [3.8, 4) is 0 Å². The zero-order valence-corrected chi connectivity index (χ0v) is 15.1. The molecule has 4 rings (SSSR count). The minimum Gasteiger partial charge on any atom is -0.411 e. The van der Waals surface area contributed by atoms with Crippen molar-refractivity contribution in [2.24, 2.45) is 50.0 Å². The van der Waals surface area contributed by atoms with Gasteiger partial charge in [-0.3, -0.25) is 0 Å². The Hall–Kier alpha value is -1.59. The van der Waals surface area contributed by atoms with E-state index in [4.69, 9.17) is 0 Å². The first-order valence-corrected chi connectivity index (χ1v) is 9.60. The van der Waals surface area contributed by atoms with Crippen LogP contribution in [0.3, 0.4) is 0 Å². The molecule has 0 bridgehead atoms. The molecule has 6 nitrogen and oxygen atoms in total. The van der Waals surface area contributed by atoms with Crippen molar-refractivity contribution in [2.75, 3.05) is 0 Å². The molecule has 6 atom stereocenters. The maximum Gasteiger partial charge on any atom is 0.0636 e. The van der Waals surface area contributed by atoms with Gasteiger partial charge in [0.15, 0.2) is 0 Å². The van der Waals surface area contributed by atoms with E-state index in [1.807, 2.05) is 0 Å². The van der Waals surface area contributed by atoms with Crippen molar-refractivity contribution in [1.29, 1.82) is 0 Å². The van der Waals surface area contributed by atoms with E-state index in [1.54, 1.807) is 0 Å². The fourth-order valence-corrected chi connectivity index (χ4v) is 7.06. The molecular weight excluding hydrogens is 318 g/mol. The zero-order valence-electron chi connectivity index (χ0n) is 15.1. The van der Waals surface area contributed by atoms with Gasteiger partial charge in [-0.05, 0) is 68.1 Å². The monoisotopic (exact) mass is 347 g/mol. The zero-order chi connectivity index (χ0) is 17.8. The average molecular weight is 347 g/mol. The first-order valence-electron chi connectivity index (χ1n) is 9.60. The summed E-state index contributed by atoms with van der Waals surface area (Å²) in [5.74, 6) is 1.76. The van der Waals surface area contributed by atoms with Gasteiger partial charge in [-0.15, -0.1) is 0 Å². The highest BCUT2D eigenvalue weighted by atomic mass is 16.4. The highest BCUT2D eigenvalue weighted by Gasteiger charge is 2.62. The van der Waals surface area contributed by atoms with Crippen molar-refractivity contribution in [2.45, 2.75) is 65.2 Å². The van der Waals surface area contributed by atoms with E-state index in [1.165, 1.54) is 0 Å². The van der Waals surface area contributed by atoms with Crippen LogP contribution in [0.15, 0.2) is 15.5 Å². The first kappa shape index (κ1) is 16.9. The van der Waals surface area contributed by atoms with E-state index in [2.05, 4.69) is 29.3 Å². The Bertz CT molecular complexity index is 658. The molecule has 3 N–H and O–H groups in total. The van der Waals surface area contributed by atoms with Crippen LogP contribution in [-0.4, -0.2) is 32.8 Å². The fraction of sp³-hybridized carbons (Fsp3) is 0.842. The molecule has 4 aliphatic rings. The number of nitrogens with zero attached hydrogens (tertiary/aromatic N) is 3. The number of hydrogen-bond acceptors (Lipinski definition) is 6. The summed E-state index contributed by atoms with van der Waals surface area (Å²) in [5.41, 5.74) is 2.61. The number of fused-ring (bicyclic) bond motifs is 5. The van der Waals surface area contributed by atoms with Crippen molar-refractivity contribution in [1.82, 2.24) is 0 Å². The van der Waals surface area contributed by atoms with E-state index in [0.717, 1.165) is 62.1 Å². The Morgan fingerprint density at radius 1 is 0.960 bits per heavy atom. The van der Waals surface area contributed by atoms with Crippen LogP contribution in [0.4, 0.5) is 0 Å². The predicted molar refractivity (Wildman–Crippen MR) is 94.8 cm³/mol. The summed E-state index contributed by atoms with van der Waals surface area (Å²) in [5, 5.41) is 39.4. The van der Waals surface area contributed by atoms with Gasteiger partial charge in [0.2, 0.25) is 0 Å². The maximum absolute atomic E-state index is 9.85. The standard InChI is InChI=1S/C19H29N3O3/c1-18-8-7-12(20-23)9-11(18)3-4-13-14-5-6-16(22-25)19(14,2)10-15(21-24)17(13)18/h11,13-14,17,23-25H,3-10H2,1-2H3/b20-12-,21-15+,22-16-. The van der Waals surface area contributed by atoms with Crippen LogP contribution in [0.1, 0.15) is 65.2 Å². The molecule has 4 fully saturated rings. The van der Waals surface area contributed by atoms with E-state index in [9.17, 15) is 15.6 Å². The highest BCUT2D eigenvalue weighted by Crippen LogP contribution is 2.64.